The Bertz CT molecular complexity index is 1290. The molecule has 0 atom stereocenters. The van der Waals surface area contributed by atoms with E-state index in [1.54, 1.807) is 17.3 Å². The summed E-state index contributed by atoms with van der Waals surface area (Å²) in [4.78, 5) is 34.2. The van der Waals surface area contributed by atoms with Gasteiger partial charge >= 0.3 is 0 Å². The first-order chi connectivity index (χ1) is 14.6. The van der Waals surface area contributed by atoms with Crippen LogP contribution in [0.3, 0.4) is 0 Å². The van der Waals surface area contributed by atoms with Gasteiger partial charge in [-0.25, -0.2) is 9.67 Å². The molecule has 1 aliphatic rings. The van der Waals surface area contributed by atoms with E-state index in [1.165, 1.54) is 4.68 Å². The molecule has 1 saturated heterocycles. The van der Waals surface area contributed by atoms with Crippen molar-refractivity contribution in [3.8, 4) is 0 Å². The molecule has 3 aromatic heterocycles. The smallest absolute Gasteiger partial charge is 0.291 e. The van der Waals surface area contributed by atoms with E-state index in [0.29, 0.717) is 31.7 Å². The Morgan fingerprint density at radius 3 is 2.53 bits per heavy atom. The van der Waals surface area contributed by atoms with Crippen molar-refractivity contribution in [2.45, 2.75) is 6.54 Å². The number of para-hydroxylation sites is 1. The number of pyridine rings is 1. The number of fused-ring (bicyclic) bond motifs is 3. The summed E-state index contributed by atoms with van der Waals surface area (Å²) in [6, 6.07) is 13.7. The first-order valence-electron chi connectivity index (χ1n) is 10.0. The Morgan fingerprint density at radius 1 is 1.00 bits per heavy atom. The molecule has 0 spiro atoms. The molecule has 0 unspecified atom stereocenters. The van der Waals surface area contributed by atoms with Crippen LogP contribution in [0.4, 0.5) is 5.82 Å². The summed E-state index contributed by atoms with van der Waals surface area (Å²) in [7, 11) is 1.87. The number of aryl methyl sites for hydroxylation is 1. The van der Waals surface area contributed by atoms with Gasteiger partial charge in [0.05, 0.1) is 6.20 Å². The molecule has 0 radical (unpaired) electrons. The van der Waals surface area contributed by atoms with Crippen LogP contribution in [0.1, 0.15) is 0 Å². The molecule has 8 nitrogen and oxygen atoms in total. The first-order valence-corrected chi connectivity index (χ1v) is 10.0. The highest BCUT2D eigenvalue weighted by Gasteiger charge is 2.23. The second kappa shape index (κ2) is 7.29. The fourth-order valence-corrected chi connectivity index (χ4v) is 4.18. The maximum absolute atomic E-state index is 13.1. The van der Waals surface area contributed by atoms with Crippen molar-refractivity contribution in [2.75, 3.05) is 31.1 Å². The van der Waals surface area contributed by atoms with E-state index in [9.17, 15) is 9.59 Å². The molecule has 1 aromatic carbocycles. The highest BCUT2D eigenvalue weighted by molar-refractivity contribution is 6.07. The quantitative estimate of drug-likeness (QED) is 0.521. The SMILES string of the molecule is Cn1c2ccccc2c2cnn(CC(=O)N3CCN(c4ccccn4)CC3)c(=O)c21. The maximum atomic E-state index is 13.1. The maximum Gasteiger partial charge on any atom is 0.291 e. The molecule has 152 valence electrons. The summed E-state index contributed by atoms with van der Waals surface area (Å²) >= 11 is 0. The number of aromatic nitrogens is 4. The summed E-state index contributed by atoms with van der Waals surface area (Å²) in [5.74, 6) is 0.826. The summed E-state index contributed by atoms with van der Waals surface area (Å²) in [6.45, 7) is 2.57. The average Bonchev–Trinajstić information content (AvgIpc) is 3.09. The molecule has 5 rings (SSSR count). The van der Waals surface area contributed by atoms with Gasteiger partial charge in [0, 0.05) is 55.7 Å². The van der Waals surface area contributed by atoms with E-state index in [0.717, 1.165) is 22.1 Å². The van der Waals surface area contributed by atoms with Crippen LogP contribution in [0.25, 0.3) is 21.8 Å². The van der Waals surface area contributed by atoms with E-state index in [-0.39, 0.29) is 18.0 Å². The highest BCUT2D eigenvalue weighted by atomic mass is 16.2. The largest absolute Gasteiger partial charge is 0.353 e. The van der Waals surface area contributed by atoms with Crippen LogP contribution >= 0.6 is 0 Å². The van der Waals surface area contributed by atoms with Gasteiger partial charge in [0.1, 0.15) is 17.9 Å². The molecule has 1 fully saturated rings. The lowest BCUT2D eigenvalue weighted by atomic mass is 10.2. The van der Waals surface area contributed by atoms with Crippen molar-refractivity contribution in [3.05, 3.63) is 65.2 Å². The molecule has 1 aliphatic heterocycles. The lowest BCUT2D eigenvalue weighted by molar-refractivity contribution is -0.132. The molecule has 4 aromatic rings. The van der Waals surface area contributed by atoms with Crippen molar-refractivity contribution in [1.29, 1.82) is 0 Å². The van der Waals surface area contributed by atoms with Crippen molar-refractivity contribution in [1.82, 2.24) is 24.2 Å². The third kappa shape index (κ3) is 3.01. The molecule has 8 heteroatoms. The molecule has 1 amide bonds. The van der Waals surface area contributed by atoms with Crippen LogP contribution in [-0.4, -0.2) is 56.3 Å². The molecular weight excluding hydrogens is 380 g/mol. The third-order valence-corrected chi connectivity index (χ3v) is 5.80. The number of carbonyl (C=O) groups excluding carboxylic acids is 1. The zero-order valence-electron chi connectivity index (χ0n) is 16.7. The highest BCUT2D eigenvalue weighted by Crippen LogP contribution is 2.24. The predicted octanol–water partition coefficient (Wildman–Crippen LogP) is 1.63. The molecule has 0 N–H and O–H groups in total. The van der Waals surface area contributed by atoms with Crippen LogP contribution < -0.4 is 10.5 Å². The summed E-state index contributed by atoms with van der Waals surface area (Å²) in [6.07, 6.45) is 3.46. The van der Waals surface area contributed by atoms with Crippen molar-refractivity contribution >= 4 is 33.5 Å². The molecule has 30 heavy (non-hydrogen) atoms. The van der Waals surface area contributed by atoms with E-state index in [4.69, 9.17) is 0 Å². The van der Waals surface area contributed by atoms with Crippen molar-refractivity contribution in [3.63, 3.8) is 0 Å². The molecule has 0 aliphatic carbocycles. The van der Waals surface area contributed by atoms with Crippen LogP contribution in [-0.2, 0) is 18.4 Å². The van der Waals surface area contributed by atoms with Crippen LogP contribution in [0.2, 0.25) is 0 Å². The number of anilines is 1. The number of rotatable bonds is 3. The van der Waals surface area contributed by atoms with Gasteiger partial charge in [0.25, 0.3) is 5.56 Å². The standard InChI is InChI=1S/C22H22N6O2/c1-25-18-7-3-2-6-16(18)17-14-24-28(22(30)21(17)25)15-20(29)27-12-10-26(11-13-27)19-8-4-5-9-23-19/h2-9,14H,10-13,15H2,1H3. The van der Waals surface area contributed by atoms with Crippen LogP contribution in [0.15, 0.2) is 59.7 Å². The number of piperazine rings is 1. The van der Waals surface area contributed by atoms with E-state index in [2.05, 4.69) is 15.0 Å². The monoisotopic (exact) mass is 402 g/mol. The number of hydrogen-bond acceptors (Lipinski definition) is 5. The first kappa shape index (κ1) is 18.4. The Balaban J connectivity index is 1.35. The van der Waals surface area contributed by atoms with Gasteiger partial charge in [-0.05, 0) is 18.2 Å². The number of amides is 1. The second-order valence-corrected chi connectivity index (χ2v) is 7.50. The number of nitrogens with zero attached hydrogens (tertiary/aromatic N) is 6. The van der Waals surface area contributed by atoms with Gasteiger partial charge < -0.3 is 14.4 Å². The van der Waals surface area contributed by atoms with Crippen LogP contribution in [0, 0.1) is 0 Å². The molecule has 0 bridgehead atoms. The predicted molar refractivity (Wildman–Crippen MR) is 116 cm³/mol. The molecule has 4 heterocycles. The van der Waals surface area contributed by atoms with Crippen molar-refractivity contribution in [2.24, 2.45) is 7.05 Å². The third-order valence-electron chi connectivity index (χ3n) is 5.80. The van der Waals surface area contributed by atoms with Crippen LogP contribution in [0.5, 0.6) is 0 Å². The fraction of sp³-hybridized carbons (Fsp3) is 0.273. The van der Waals surface area contributed by atoms with Gasteiger partial charge in [-0.3, -0.25) is 9.59 Å². The molecule has 0 saturated carbocycles. The Kier molecular flexibility index (Phi) is 4.46. The normalized spacial score (nSPS) is 14.6. The summed E-state index contributed by atoms with van der Waals surface area (Å²) < 4.78 is 3.15. The zero-order valence-corrected chi connectivity index (χ0v) is 16.7. The van der Waals surface area contributed by atoms with E-state index >= 15 is 0 Å². The van der Waals surface area contributed by atoms with Gasteiger partial charge in [0.2, 0.25) is 5.91 Å². The Hall–Kier alpha value is -3.68. The molecular formula is C22H22N6O2. The second-order valence-electron chi connectivity index (χ2n) is 7.50. The van der Waals surface area contributed by atoms with Gasteiger partial charge in [0.15, 0.2) is 0 Å². The average molecular weight is 402 g/mol. The summed E-state index contributed by atoms with van der Waals surface area (Å²) in [5, 5.41) is 6.09. The Labute approximate surface area is 172 Å². The fourth-order valence-electron chi connectivity index (χ4n) is 4.18. The minimum Gasteiger partial charge on any atom is -0.353 e. The number of hydrogen-bond donors (Lipinski definition) is 0. The Morgan fingerprint density at radius 2 is 1.77 bits per heavy atom. The van der Waals surface area contributed by atoms with E-state index in [1.807, 2.05) is 54.1 Å². The van der Waals surface area contributed by atoms with Gasteiger partial charge in [-0.1, -0.05) is 24.3 Å². The number of benzene rings is 1. The minimum absolute atomic E-state index is 0.0557. The summed E-state index contributed by atoms with van der Waals surface area (Å²) in [5.41, 5.74) is 1.30. The van der Waals surface area contributed by atoms with Gasteiger partial charge in [-0.2, -0.15) is 5.10 Å². The zero-order chi connectivity index (χ0) is 20.7. The lowest BCUT2D eigenvalue weighted by Crippen LogP contribution is -2.50. The number of carbonyl (C=O) groups is 1. The van der Waals surface area contributed by atoms with Crippen molar-refractivity contribution < 1.29 is 4.79 Å². The van der Waals surface area contributed by atoms with E-state index < -0.39 is 0 Å². The lowest BCUT2D eigenvalue weighted by Gasteiger charge is -2.35. The minimum atomic E-state index is -0.244. The van der Waals surface area contributed by atoms with Gasteiger partial charge in [-0.15, -0.1) is 0 Å². The topological polar surface area (TPSA) is 76.3 Å².